The van der Waals surface area contributed by atoms with Crippen LogP contribution in [0.25, 0.3) is 0 Å². The van der Waals surface area contributed by atoms with E-state index in [1.54, 1.807) is 0 Å². The Balaban J connectivity index is 1.91. The molecule has 3 nitrogen and oxygen atoms in total. The zero-order valence-corrected chi connectivity index (χ0v) is 12.0. The minimum atomic E-state index is -0.302. The summed E-state index contributed by atoms with van der Waals surface area (Å²) in [5.41, 5.74) is 2.36. The van der Waals surface area contributed by atoms with E-state index < -0.39 is 0 Å². The van der Waals surface area contributed by atoms with Gasteiger partial charge in [-0.3, -0.25) is 0 Å². The number of hydrogen-bond donors (Lipinski definition) is 1. The third-order valence-electron chi connectivity index (χ3n) is 3.86. The summed E-state index contributed by atoms with van der Waals surface area (Å²) in [7, 11) is 0. The molecule has 3 heteroatoms. The van der Waals surface area contributed by atoms with Gasteiger partial charge in [0.25, 0.3) is 0 Å². The van der Waals surface area contributed by atoms with Crippen LogP contribution >= 0.6 is 0 Å². The smallest absolute Gasteiger partial charge is 0.116 e. The third-order valence-corrected chi connectivity index (χ3v) is 3.86. The highest BCUT2D eigenvalue weighted by Crippen LogP contribution is 2.27. The molecule has 0 atom stereocenters. The molecule has 1 N–H and O–H groups in total. The number of benzene rings is 1. The predicted molar refractivity (Wildman–Crippen MR) is 75.9 cm³/mol. The number of hydrogen-bond acceptors (Lipinski definition) is 3. The number of rotatable bonds is 5. The van der Waals surface area contributed by atoms with Gasteiger partial charge in [-0.05, 0) is 12.5 Å². The summed E-state index contributed by atoms with van der Waals surface area (Å²) in [6.45, 7) is 9.23. The standard InChI is InChI=1S/C16H22N2O/c1-13-4-6-14(7-5-13)15(2,3)9-18-10-16(8-17)11-19-12-16/h4-7,18H,9-12H2,1-3H3. The first-order valence-electron chi connectivity index (χ1n) is 6.74. The van der Waals surface area contributed by atoms with Crippen molar-refractivity contribution in [3.63, 3.8) is 0 Å². The average molecular weight is 258 g/mol. The molecule has 1 saturated heterocycles. The van der Waals surface area contributed by atoms with E-state index in [1.165, 1.54) is 11.1 Å². The number of aryl methyl sites for hydroxylation is 1. The number of nitriles is 1. The minimum Gasteiger partial charge on any atom is -0.378 e. The molecular formula is C16H22N2O. The normalized spacial score (nSPS) is 17.6. The fourth-order valence-electron chi connectivity index (χ4n) is 2.28. The van der Waals surface area contributed by atoms with Crippen LogP contribution in [0, 0.1) is 23.7 Å². The second-order valence-corrected chi connectivity index (χ2v) is 6.24. The highest BCUT2D eigenvalue weighted by Gasteiger charge is 2.38. The molecule has 19 heavy (non-hydrogen) atoms. The Hall–Kier alpha value is -1.37. The van der Waals surface area contributed by atoms with E-state index in [0.29, 0.717) is 19.8 Å². The van der Waals surface area contributed by atoms with E-state index in [-0.39, 0.29) is 10.8 Å². The zero-order valence-electron chi connectivity index (χ0n) is 12.0. The van der Waals surface area contributed by atoms with Gasteiger partial charge in [-0.15, -0.1) is 0 Å². The Labute approximate surface area is 115 Å². The first-order valence-corrected chi connectivity index (χ1v) is 6.74. The number of ether oxygens (including phenoxy) is 1. The summed E-state index contributed by atoms with van der Waals surface area (Å²) in [6.07, 6.45) is 0. The molecule has 0 aromatic heterocycles. The predicted octanol–water partition coefficient (Wildman–Crippen LogP) is 2.40. The lowest BCUT2D eigenvalue weighted by atomic mass is 9.83. The van der Waals surface area contributed by atoms with Crippen molar-refractivity contribution in [2.24, 2.45) is 5.41 Å². The second-order valence-electron chi connectivity index (χ2n) is 6.24. The highest BCUT2D eigenvalue weighted by molar-refractivity contribution is 5.27. The summed E-state index contributed by atoms with van der Waals surface area (Å²) < 4.78 is 5.15. The number of nitrogens with zero attached hydrogens (tertiary/aromatic N) is 1. The molecule has 1 aromatic rings. The van der Waals surface area contributed by atoms with Crippen molar-refractivity contribution >= 4 is 0 Å². The van der Waals surface area contributed by atoms with Crippen molar-refractivity contribution in [3.8, 4) is 6.07 Å². The minimum absolute atomic E-state index is 0.0644. The zero-order chi connectivity index (χ0) is 13.9. The van der Waals surface area contributed by atoms with E-state index in [0.717, 1.165) is 6.54 Å². The van der Waals surface area contributed by atoms with Crippen LogP contribution in [0.4, 0.5) is 0 Å². The molecule has 0 saturated carbocycles. The van der Waals surface area contributed by atoms with Crippen LogP contribution in [-0.4, -0.2) is 26.3 Å². The van der Waals surface area contributed by atoms with Gasteiger partial charge in [0.1, 0.15) is 5.41 Å². The first-order chi connectivity index (χ1) is 8.97. The molecule has 1 fully saturated rings. The van der Waals surface area contributed by atoms with Crippen molar-refractivity contribution in [2.45, 2.75) is 26.2 Å². The van der Waals surface area contributed by atoms with E-state index in [1.807, 2.05) is 0 Å². The SMILES string of the molecule is Cc1ccc(C(C)(C)CNCC2(C#N)COC2)cc1. The largest absolute Gasteiger partial charge is 0.378 e. The molecule has 1 heterocycles. The van der Waals surface area contributed by atoms with Gasteiger partial charge in [0.15, 0.2) is 0 Å². The summed E-state index contributed by atoms with van der Waals surface area (Å²) in [4.78, 5) is 0. The molecule has 0 aliphatic carbocycles. The van der Waals surface area contributed by atoms with Gasteiger partial charge in [-0.25, -0.2) is 0 Å². The molecule has 0 amide bonds. The van der Waals surface area contributed by atoms with Crippen LogP contribution < -0.4 is 5.32 Å². The molecule has 0 bridgehead atoms. The van der Waals surface area contributed by atoms with Crippen LogP contribution in [-0.2, 0) is 10.2 Å². The van der Waals surface area contributed by atoms with Gasteiger partial charge in [-0.1, -0.05) is 43.7 Å². The molecule has 1 aliphatic rings. The molecule has 102 valence electrons. The topological polar surface area (TPSA) is 45.0 Å². The van der Waals surface area contributed by atoms with E-state index in [9.17, 15) is 0 Å². The molecule has 0 spiro atoms. The molecule has 0 unspecified atom stereocenters. The van der Waals surface area contributed by atoms with Crippen molar-refractivity contribution in [2.75, 3.05) is 26.3 Å². The van der Waals surface area contributed by atoms with E-state index in [2.05, 4.69) is 56.4 Å². The molecule has 2 rings (SSSR count). The van der Waals surface area contributed by atoms with Crippen LogP contribution in [0.15, 0.2) is 24.3 Å². The van der Waals surface area contributed by atoms with E-state index >= 15 is 0 Å². The Bertz CT molecular complexity index is 467. The lowest BCUT2D eigenvalue weighted by Crippen LogP contribution is -2.50. The lowest BCUT2D eigenvalue weighted by molar-refractivity contribution is -0.0756. The van der Waals surface area contributed by atoms with Gasteiger partial charge in [0, 0.05) is 18.5 Å². The Morgan fingerprint density at radius 1 is 1.32 bits per heavy atom. The molecule has 1 aliphatic heterocycles. The number of nitrogens with one attached hydrogen (secondary N) is 1. The molecular weight excluding hydrogens is 236 g/mol. The maximum absolute atomic E-state index is 9.14. The summed E-state index contributed by atoms with van der Waals surface area (Å²) in [5, 5.41) is 12.6. The lowest BCUT2D eigenvalue weighted by Gasteiger charge is -2.36. The fraction of sp³-hybridized carbons (Fsp3) is 0.562. The van der Waals surface area contributed by atoms with Gasteiger partial charge < -0.3 is 10.1 Å². The molecule has 1 aromatic carbocycles. The summed E-state index contributed by atoms with van der Waals surface area (Å²) >= 11 is 0. The van der Waals surface area contributed by atoms with Crippen molar-refractivity contribution in [3.05, 3.63) is 35.4 Å². The van der Waals surface area contributed by atoms with Gasteiger partial charge in [0.05, 0.1) is 19.3 Å². The highest BCUT2D eigenvalue weighted by atomic mass is 16.5. The maximum Gasteiger partial charge on any atom is 0.116 e. The Morgan fingerprint density at radius 3 is 2.42 bits per heavy atom. The maximum atomic E-state index is 9.14. The summed E-state index contributed by atoms with van der Waals surface area (Å²) in [6, 6.07) is 11.0. The fourth-order valence-corrected chi connectivity index (χ4v) is 2.28. The van der Waals surface area contributed by atoms with Crippen molar-refractivity contribution in [1.82, 2.24) is 5.32 Å². The van der Waals surface area contributed by atoms with Crippen LogP contribution in [0.3, 0.4) is 0 Å². The van der Waals surface area contributed by atoms with E-state index in [4.69, 9.17) is 10.00 Å². The Kier molecular flexibility index (Phi) is 3.93. The van der Waals surface area contributed by atoms with Gasteiger partial charge >= 0.3 is 0 Å². The average Bonchev–Trinajstić information content (AvgIpc) is 2.33. The van der Waals surface area contributed by atoms with Crippen LogP contribution in [0.2, 0.25) is 0 Å². The van der Waals surface area contributed by atoms with Crippen LogP contribution in [0.1, 0.15) is 25.0 Å². The third kappa shape index (κ3) is 3.15. The Morgan fingerprint density at radius 2 is 1.95 bits per heavy atom. The quantitative estimate of drug-likeness (QED) is 0.882. The van der Waals surface area contributed by atoms with Gasteiger partial charge in [-0.2, -0.15) is 5.26 Å². The van der Waals surface area contributed by atoms with Crippen molar-refractivity contribution < 1.29 is 4.74 Å². The second kappa shape index (κ2) is 5.32. The van der Waals surface area contributed by atoms with Crippen LogP contribution in [0.5, 0.6) is 0 Å². The monoisotopic (exact) mass is 258 g/mol. The first kappa shape index (κ1) is 14.0. The molecule has 0 radical (unpaired) electrons. The van der Waals surface area contributed by atoms with Crippen molar-refractivity contribution in [1.29, 1.82) is 5.26 Å². The van der Waals surface area contributed by atoms with Gasteiger partial charge in [0.2, 0.25) is 0 Å². The summed E-state index contributed by atoms with van der Waals surface area (Å²) in [5.74, 6) is 0.